The van der Waals surface area contributed by atoms with E-state index in [4.69, 9.17) is 24.5 Å². The molecule has 9 heteroatoms. The van der Waals surface area contributed by atoms with Gasteiger partial charge >= 0.3 is 5.97 Å². The lowest BCUT2D eigenvalue weighted by Gasteiger charge is -2.30. The van der Waals surface area contributed by atoms with Gasteiger partial charge in [-0.2, -0.15) is 5.26 Å². The number of ether oxygens (including phenoxy) is 3. The van der Waals surface area contributed by atoms with E-state index in [0.717, 1.165) is 55.1 Å². The molecule has 2 aliphatic heterocycles. The van der Waals surface area contributed by atoms with Crippen molar-refractivity contribution in [3.05, 3.63) is 94.1 Å². The van der Waals surface area contributed by atoms with Gasteiger partial charge in [-0.25, -0.2) is 14.2 Å². The van der Waals surface area contributed by atoms with Gasteiger partial charge in [-0.15, -0.1) is 0 Å². The van der Waals surface area contributed by atoms with E-state index in [1.54, 1.807) is 18.2 Å². The molecule has 6 rings (SSSR count). The molecule has 1 aromatic heterocycles. The first-order chi connectivity index (χ1) is 21.1. The zero-order chi connectivity index (χ0) is 30.8. The van der Waals surface area contributed by atoms with Gasteiger partial charge < -0.3 is 18.8 Å². The Bertz CT molecular complexity index is 1730. The molecule has 0 radical (unpaired) electrons. The Morgan fingerprint density at radius 2 is 1.98 bits per heavy atom. The maximum absolute atomic E-state index is 14.3. The van der Waals surface area contributed by atoms with Crippen LogP contribution in [0.3, 0.4) is 0 Å². The van der Waals surface area contributed by atoms with Crippen molar-refractivity contribution >= 4 is 17.0 Å². The number of rotatable bonds is 9. The molecule has 0 saturated carbocycles. The number of benzene rings is 3. The lowest BCUT2D eigenvalue weighted by molar-refractivity contribution is -0.0592. The molecule has 2 aliphatic rings. The quantitative estimate of drug-likeness (QED) is 0.220. The zero-order valence-electron chi connectivity index (χ0n) is 25.4. The van der Waals surface area contributed by atoms with Crippen LogP contribution >= 0.6 is 0 Å². The van der Waals surface area contributed by atoms with E-state index in [1.807, 2.05) is 45.0 Å². The van der Waals surface area contributed by atoms with Crippen molar-refractivity contribution in [2.45, 2.75) is 71.4 Å². The fraction of sp³-hybridized carbons (Fsp3) is 0.400. The number of nitriles is 1. The number of aromatic nitrogens is 2. The van der Waals surface area contributed by atoms with Crippen molar-refractivity contribution in [3.8, 4) is 11.8 Å². The molecule has 8 nitrogen and oxygen atoms in total. The summed E-state index contributed by atoms with van der Waals surface area (Å²) in [7, 11) is 0. The Morgan fingerprint density at radius 3 is 2.70 bits per heavy atom. The molecule has 1 saturated heterocycles. The van der Waals surface area contributed by atoms with Crippen molar-refractivity contribution in [2.24, 2.45) is 0 Å². The van der Waals surface area contributed by atoms with Crippen LogP contribution in [0, 0.1) is 17.1 Å². The molecule has 0 aliphatic carbocycles. The summed E-state index contributed by atoms with van der Waals surface area (Å²) in [6.45, 7) is 9.70. The summed E-state index contributed by atoms with van der Waals surface area (Å²) >= 11 is 0. The Morgan fingerprint density at radius 1 is 1.14 bits per heavy atom. The molecule has 4 aromatic rings. The van der Waals surface area contributed by atoms with Gasteiger partial charge in [0.2, 0.25) is 0 Å². The van der Waals surface area contributed by atoms with E-state index in [-0.39, 0.29) is 17.9 Å². The minimum Gasteiger partial charge on any atom is -0.493 e. The Balaban J connectivity index is 1.16. The lowest BCUT2D eigenvalue weighted by atomic mass is 9.99. The second-order valence-corrected chi connectivity index (χ2v) is 12.5. The van der Waals surface area contributed by atoms with E-state index >= 15 is 0 Å². The van der Waals surface area contributed by atoms with Gasteiger partial charge in [-0.3, -0.25) is 4.90 Å². The monoisotopic (exact) mass is 596 g/mol. The number of imidazole rings is 1. The molecule has 0 unspecified atom stereocenters. The van der Waals surface area contributed by atoms with Gasteiger partial charge in [0.25, 0.3) is 0 Å². The third-order valence-corrected chi connectivity index (χ3v) is 8.10. The largest absolute Gasteiger partial charge is 0.493 e. The summed E-state index contributed by atoms with van der Waals surface area (Å²) in [6.07, 6.45) is 2.47. The molecule has 44 heavy (non-hydrogen) atoms. The molecule has 228 valence electrons. The SMILES string of the molecule is CC(C)(C)OC(=O)c1ccc2nc(CN3CCc4ccc(OCCc5ccc(C#N)cc5F)cc4C3)n(C[C@@H]3CCO3)c2c1. The lowest BCUT2D eigenvalue weighted by Crippen LogP contribution is -2.34. The highest BCUT2D eigenvalue weighted by Gasteiger charge is 2.25. The topological polar surface area (TPSA) is 89.6 Å². The second-order valence-electron chi connectivity index (χ2n) is 12.5. The van der Waals surface area contributed by atoms with Crippen LogP contribution in [0.15, 0.2) is 54.6 Å². The third kappa shape index (κ3) is 6.77. The predicted molar refractivity (Wildman–Crippen MR) is 164 cm³/mol. The summed E-state index contributed by atoms with van der Waals surface area (Å²) in [6, 6.07) is 18.2. The van der Waals surface area contributed by atoms with Gasteiger partial charge in [0.15, 0.2) is 0 Å². The number of hydrogen-bond acceptors (Lipinski definition) is 7. The number of hydrogen-bond donors (Lipinski definition) is 0. The van der Waals surface area contributed by atoms with Gasteiger partial charge in [0.05, 0.1) is 54.0 Å². The first-order valence-electron chi connectivity index (χ1n) is 15.1. The van der Waals surface area contributed by atoms with E-state index in [0.29, 0.717) is 42.8 Å². The summed E-state index contributed by atoms with van der Waals surface area (Å²) in [5.74, 6) is 0.965. The van der Waals surface area contributed by atoms with Crippen LogP contribution in [0.5, 0.6) is 5.75 Å². The van der Waals surface area contributed by atoms with Crippen molar-refractivity contribution in [3.63, 3.8) is 0 Å². The molecule has 3 heterocycles. The van der Waals surface area contributed by atoms with Gasteiger partial charge in [0, 0.05) is 26.1 Å². The van der Waals surface area contributed by atoms with Gasteiger partial charge in [0.1, 0.15) is 23.0 Å². The number of esters is 1. The summed E-state index contributed by atoms with van der Waals surface area (Å²) in [4.78, 5) is 20.2. The smallest absolute Gasteiger partial charge is 0.338 e. The average Bonchev–Trinajstić information content (AvgIpc) is 3.30. The number of carbonyl (C=O) groups excluding carboxylic acids is 1. The third-order valence-electron chi connectivity index (χ3n) is 8.10. The van der Waals surface area contributed by atoms with Gasteiger partial charge in [-0.1, -0.05) is 12.1 Å². The number of carbonyl (C=O) groups is 1. The molecular formula is C35H37FN4O4. The number of halogens is 1. The van der Waals surface area contributed by atoms with Crippen LogP contribution in [0.2, 0.25) is 0 Å². The molecule has 0 amide bonds. The highest BCUT2D eigenvalue weighted by molar-refractivity contribution is 5.94. The fourth-order valence-corrected chi connectivity index (χ4v) is 5.71. The Kier molecular flexibility index (Phi) is 8.39. The molecule has 0 spiro atoms. The fourth-order valence-electron chi connectivity index (χ4n) is 5.71. The minimum atomic E-state index is -0.574. The van der Waals surface area contributed by atoms with Crippen LogP contribution in [-0.4, -0.2) is 51.9 Å². The Hall–Kier alpha value is -4.26. The second kappa shape index (κ2) is 12.4. The Labute approximate surface area is 257 Å². The first kappa shape index (κ1) is 29.8. The number of fused-ring (bicyclic) bond motifs is 2. The van der Waals surface area contributed by atoms with E-state index in [9.17, 15) is 9.18 Å². The standard InChI is InChI=1S/C35H37FN4O4/c1-35(2,3)44-34(41)26-7-9-31-32(18-26)40(21-29-12-15-43-29)33(38-31)22-39-13-10-24-6-8-28(17-27(24)20-39)42-14-11-25-5-4-23(19-37)16-30(25)36/h4-9,16-18,29H,10-15,20-22H2,1-3H3/t29-/m0/s1. The maximum Gasteiger partial charge on any atom is 0.338 e. The van der Waals surface area contributed by atoms with Gasteiger partial charge in [-0.05, 0) is 92.8 Å². The van der Waals surface area contributed by atoms with Crippen LogP contribution in [0.25, 0.3) is 11.0 Å². The summed E-state index contributed by atoms with van der Waals surface area (Å²) < 4.78 is 33.9. The van der Waals surface area contributed by atoms with Crippen LogP contribution in [-0.2, 0) is 41.9 Å². The first-order valence-corrected chi connectivity index (χ1v) is 15.1. The molecule has 0 N–H and O–H groups in total. The highest BCUT2D eigenvalue weighted by Crippen LogP contribution is 2.28. The number of nitrogens with zero attached hydrogens (tertiary/aromatic N) is 4. The molecule has 1 atom stereocenters. The van der Waals surface area contributed by atoms with Crippen molar-refractivity contribution in [1.82, 2.24) is 14.5 Å². The van der Waals surface area contributed by atoms with E-state index in [1.165, 1.54) is 17.2 Å². The predicted octanol–water partition coefficient (Wildman–Crippen LogP) is 5.97. The van der Waals surface area contributed by atoms with Crippen LogP contribution in [0.4, 0.5) is 4.39 Å². The van der Waals surface area contributed by atoms with Crippen LogP contribution < -0.4 is 4.74 Å². The maximum atomic E-state index is 14.3. The molecule has 1 fully saturated rings. The van der Waals surface area contributed by atoms with Crippen molar-refractivity contribution in [1.29, 1.82) is 5.26 Å². The normalized spacial score (nSPS) is 16.7. The van der Waals surface area contributed by atoms with E-state index < -0.39 is 5.60 Å². The highest BCUT2D eigenvalue weighted by atomic mass is 19.1. The molecular weight excluding hydrogens is 559 g/mol. The molecule has 3 aromatic carbocycles. The summed E-state index contributed by atoms with van der Waals surface area (Å²) in [5.41, 5.74) is 5.03. The molecule has 0 bridgehead atoms. The summed E-state index contributed by atoms with van der Waals surface area (Å²) in [5, 5.41) is 8.96. The van der Waals surface area contributed by atoms with Crippen LogP contribution in [0.1, 0.15) is 65.6 Å². The van der Waals surface area contributed by atoms with E-state index in [2.05, 4.69) is 21.6 Å². The average molecular weight is 597 g/mol. The van der Waals surface area contributed by atoms with Crippen molar-refractivity contribution < 1.29 is 23.4 Å². The minimum absolute atomic E-state index is 0.135. The zero-order valence-corrected chi connectivity index (χ0v) is 25.4. The van der Waals surface area contributed by atoms with Crippen molar-refractivity contribution in [2.75, 3.05) is 19.8 Å².